The van der Waals surface area contributed by atoms with E-state index in [0.717, 1.165) is 37.7 Å². The van der Waals surface area contributed by atoms with Crippen LogP contribution in [0.4, 0.5) is 11.4 Å². The van der Waals surface area contributed by atoms with Crippen LogP contribution in [0.1, 0.15) is 57.4 Å². The van der Waals surface area contributed by atoms with Crippen molar-refractivity contribution in [2.75, 3.05) is 10.6 Å². The van der Waals surface area contributed by atoms with Crippen LogP contribution in [0.25, 0.3) is 0 Å². The lowest BCUT2D eigenvalue weighted by Gasteiger charge is -2.35. The van der Waals surface area contributed by atoms with E-state index in [0.29, 0.717) is 11.4 Å². The number of rotatable bonds is 6. The lowest BCUT2D eigenvalue weighted by atomic mass is 9.69. The fraction of sp³-hybridized carbons (Fsp3) is 0.526. The van der Waals surface area contributed by atoms with Gasteiger partial charge >= 0.3 is 5.97 Å². The van der Waals surface area contributed by atoms with Crippen molar-refractivity contribution in [1.82, 2.24) is 0 Å². The van der Waals surface area contributed by atoms with Gasteiger partial charge < -0.3 is 15.7 Å². The number of amides is 2. The molecule has 1 aliphatic rings. The molecule has 0 radical (unpaired) electrons. The lowest BCUT2D eigenvalue weighted by molar-refractivity contribution is -0.141. The van der Waals surface area contributed by atoms with Crippen LogP contribution in [-0.2, 0) is 14.4 Å². The summed E-state index contributed by atoms with van der Waals surface area (Å²) >= 11 is 0. The molecule has 0 spiro atoms. The van der Waals surface area contributed by atoms with E-state index in [4.69, 9.17) is 0 Å². The number of carboxylic acids is 1. The Kier molecular flexibility index (Phi) is 6.17. The van der Waals surface area contributed by atoms with Crippen molar-refractivity contribution in [2.45, 2.75) is 58.8 Å². The molecule has 0 unspecified atom stereocenters. The first-order chi connectivity index (χ1) is 11.8. The zero-order chi connectivity index (χ0) is 18.4. The Bertz CT molecular complexity index is 663. The molecule has 136 valence electrons. The summed E-state index contributed by atoms with van der Waals surface area (Å²) in [6, 6.07) is 5.33. The number of benzene rings is 1. The number of carboxylic acid groups (broad SMARTS) is 1. The summed E-state index contributed by atoms with van der Waals surface area (Å²) in [6.45, 7) is 3.31. The molecule has 3 N–H and O–H groups in total. The van der Waals surface area contributed by atoms with Gasteiger partial charge in [-0.1, -0.05) is 25.3 Å². The zero-order valence-corrected chi connectivity index (χ0v) is 14.9. The summed E-state index contributed by atoms with van der Waals surface area (Å²) < 4.78 is 0. The maximum Gasteiger partial charge on any atom is 0.303 e. The summed E-state index contributed by atoms with van der Waals surface area (Å²) in [6.07, 6.45) is 4.83. The molecule has 1 aromatic rings. The Labute approximate surface area is 148 Å². The highest BCUT2D eigenvalue weighted by Crippen LogP contribution is 2.42. The van der Waals surface area contributed by atoms with Crippen LogP contribution in [0.3, 0.4) is 0 Å². The quantitative estimate of drug-likeness (QED) is 0.732. The van der Waals surface area contributed by atoms with Crippen LogP contribution in [0.5, 0.6) is 0 Å². The van der Waals surface area contributed by atoms with E-state index in [9.17, 15) is 19.5 Å². The highest BCUT2D eigenvalue weighted by molar-refractivity contribution is 5.94. The van der Waals surface area contributed by atoms with E-state index in [-0.39, 0.29) is 24.7 Å². The van der Waals surface area contributed by atoms with Crippen molar-refractivity contribution < 1.29 is 19.5 Å². The molecular weight excluding hydrogens is 320 g/mol. The maximum atomic E-state index is 12.5. The predicted molar refractivity (Wildman–Crippen MR) is 96.5 cm³/mol. The third-order valence-electron chi connectivity index (χ3n) is 4.81. The summed E-state index contributed by atoms with van der Waals surface area (Å²) in [5.41, 5.74) is 1.71. The fourth-order valence-corrected chi connectivity index (χ4v) is 3.61. The molecule has 0 bridgehead atoms. The molecule has 0 aliphatic heterocycles. The van der Waals surface area contributed by atoms with Gasteiger partial charge in [0.25, 0.3) is 0 Å². The topological polar surface area (TPSA) is 95.5 Å². The molecule has 0 saturated heterocycles. The molecule has 2 amide bonds. The first kappa shape index (κ1) is 19.0. The van der Waals surface area contributed by atoms with Crippen LogP contribution in [0.15, 0.2) is 18.2 Å². The van der Waals surface area contributed by atoms with Gasteiger partial charge in [-0.3, -0.25) is 14.4 Å². The minimum atomic E-state index is -0.849. The van der Waals surface area contributed by atoms with Crippen molar-refractivity contribution in [3.8, 4) is 0 Å². The predicted octanol–water partition coefficient (Wildman–Crippen LogP) is 3.71. The average Bonchev–Trinajstić information content (AvgIpc) is 2.50. The molecule has 1 fully saturated rings. The van der Waals surface area contributed by atoms with Crippen LogP contribution in [0, 0.1) is 12.3 Å². The number of hydrogen-bond donors (Lipinski definition) is 3. The zero-order valence-electron chi connectivity index (χ0n) is 14.9. The second-order valence-corrected chi connectivity index (χ2v) is 7.07. The second-order valence-electron chi connectivity index (χ2n) is 7.07. The van der Waals surface area contributed by atoms with E-state index >= 15 is 0 Å². The third-order valence-corrected chi connectivity index (χ3v) is 4.81. The number of aliphatic carboxylic acids is 1. The Morgan fingerprint density at radius 3 is 2.36 bits per heavy atom. The fourth-order valence-electron chi connectivity index (χ4n) is 3.61. The van der Waals surface area contributed by atoms with Crippen molar-refractivity contribution >= 4 is 29.2 Å². The first-order valence-corrected chi connectivity index (χ1v) is 8.70. The Balaban J connectivity index is 2.07. The largest absolute Gasteiger partial charge is 0.481 e. The van der Waals surface area contributed by atoms with Crippen LogP contribution in [0.2, 0.25) is 0 Å². The van der Waals surface area contributed by atoms with Gasteiger partial charge in [0.2, 0.25) is 11.8 Å². The molecular formula is C19H26N2O4. The second kappa shape index (κ2) is 8.14. The molecule has 6 heteroatoms. The van der Waals surface area contributed by atoms with E-state index in [1.807, 2.05) is 13.0 Å². The number of nitrogens with one attached hydrogen (secondary N) is 2. The van der Waals surface area contributed by atoms with Crippen molar-refractivity contribution in [3.05, 3.63) is 23.8 Å². The van der Waals surface area contributed by atoms with E-state index < -0.39 is 11.4 Å². The van der Waals surface area contributed by atoms with Crippen LogP contribution in [-0.4, -0.2) is 22.9 Å². The summed E-state index contributed by atoms with van der Waals surface area (Å²) in [4.78, 5) is 35.0. The highest BCUT2D eigenvalue weighted by atomic mass is 16.4. The van der Waals surface area contributed by atoms with Gasteiger partial charge in [-0.05, 0) is 42.9 Å². The van der Waals surface area contributed by atoms with Gasteiger partial charge in [-0.25, -0.2) is 0 Å². The average molecular weight is 346 g/mol. The van der Waals surface area contributed by atoms with Gasteiger partial charge in [-0.15, -0.1) is 0 Å². The highest BCUT2D eigenvalue weighted by Gasteiger charge is 2.36. The maximum absolute atomic E-state index is 12.5. The Morgan fingerprint density at radius 2 is 1.76 bits per heavy atom. The molecule has 1 aromatic carbocycles. The van der Waals surface area contributed by atoms with Crippen molar-refractivity contribution in [2.24, 2.45) is 5.41 Å². The molecule has 6 nitrogen and oxygen atoms in total. The first-order valence-electron chi connectivity index (χ1n) is 8.70. The number of hydrogen-bond acceptors (Lipinski definition) is 3. The van der Waals surface area contributed by atoms with Crippen LogP contribution < -0.4 is 10.6 Å². The minimum absolute atomic E-state index is 0.0332. The molecule has 25 heavy (non-hydrogen) atoms. The molecule has 0 heterocycles. The van der Waals surface area contributed by atoms with Gasteiger partial charge in [0.05, 0.1) is 6.42 Å². The molecule has 0 aromatic heterocycles. The number of anilines is 2. The Morgan fingerprint density at radius 1 is 1.08 bits per heavy atom. The van der Waals surface area contributed by atoms with Gasteiger partial charge in [0.15, 0.2) is 0 Å². The summed E-state index contributed by atoms with van der Waals surface area (Å²) in [5, 5.41) is 14.8. The normalized spacial score (nSPS) is 16.1. The van der Waals surface area contributed by atoms with Crippen LogP contribution >= 0.6 is 0 Å². The lowest BCUT2D eigenvalue weighted by Crippen LogP contribution is -2.32. The number of aryl methyl sites for hydroxylation is 1. The van der Waals surface area contributed by atoms with Crippen molar-refractivity contribution in [3.63, 3.8) is 0 Å². The third kappa shape index (κ3) is 5.59. The molecule has 2 rings (SSSR count). The summed E-state index contributed by atoms with van der Waals surface area (Å²) in [7, 11) is 0. The van der Waals surface area contributed by atoms with Gasteiger partial charge in [0, 0.05) is 24.7 Å². The van der Waals surface area contributed by atoms with E-state index in [1.165, 1.54) is 6.92 Å². The SMILES string of the molecule is CC(=O)Nc1cc(NC(=O)CC2(CC(=O)O)CCCCC2)ccc1C. The van der Waals surface area contributed by atoms with E-state index in [1.54, 1.807) is 12.1 Å². The smallest absolute Gasteiger partial charge is 0.303 e. The number of carbonyl (C=O) groups excluding carboxylic acids is 2. The molecule has 1 aliphatic carbocycles. The number of carbonyl (C=O) groups is 3. The van der Waals surface area contributed by atoms with E-state index in [2.05, 4.69) is 10.6 Å². The summed E-state index contributed by atoms with van der Waals surface area (Å²) in [5.74, 6) is -1.20. The molecule has 0 atom stereocenters. The van der Waals surface area contributed by atoms with Crippen molar-refractivity contribution in [1.29, 1.82) is 0 Å². The minimum Gasteiger partial charge on any atom is -0.481 e. The Hall–Kier alpha value is -2.37. The van der Waals surface area contributed by atoms with Gasteiger partial charge in [0.1, 0.15) is 0 Å². The molecule has 1 saturated carbocycles. The standard InChI is InChI=1S/C19H26N2O4/c1-13-6-7-15(10-16(13)20-14(2)22)21-17(23)11-19(12-18(24)25)8-4-3-5-9-19/h6-7,10H,3-5,8-9,11-12H2,1-2H3,(H,20,22)(H,21,23)(H,24,25). The van der Waals surface area contributed by atoms with Gasteiger partial charge in [-0.2, -0.15) is 0 Å². The monoisotopic (exact) mass is 346 g/mol.